The minimum atomic E-state index is 0.00898. The summed E-state index contributed by atoms with van der Waals surface area (Å²) in [6.07, 6.45) is 2.10. The van der Waals surface area contributed by atoms with E-state index in [2.05, 4.69) is 19.0 Å². The Labute approximate surface area is 126 Å². The monoisotopic (exact) mass is 291 g/mol. The molecule has 0 aliphatic carbocycles. The second kappa shape index (κ2) is 6.80. The summed E-state index contributed by atoms with van der Waals surface area (Å²) in [5.41, 5.74) is 6.99. The summed E-state index contributed by atoms with van der Waals surface area (Å²) in [7, 11) is 5.77. The lowest BCUT2D eigenvalue weighted by atomic mass is 9.96. The van der Waals surface area contributed by atoms with Crippen molar-refractivity contribution >= 4 is 11.6 Å². The molecule has 21 heavy (non-hydrogen) atoms. The van der Waals surface area contributed by atoms with Gasteiger partial charge in [0.15, 0.2) is 0 Å². The fourth-order valence-corrected chi connectivity index (χ4v) is 2.85. The van der Waals surface area contributed by atoms with Crippen LogP contribution in [0.5, 0.6) is 5.75 Å². The number of hydrogen-bond acceptors (Lipinski definition) is 4. The Morgan fingerprint density at radius 2 is 2.05 bits per heavy atom. The van der Waals surface area contributed by atoms with Gasteiger partial charge in [0.2, 0.25) is 0 Å². The van der Waals surface area contributed by atoms with E-state index in [0.717, 1.165) is 32.5 Å². The molecule has 0 radical (unpaired) electrons. The molecule has 0 spiro atoms. The molecule has 1 aliphatic heterocycles. The molecule has 0 atom stereocenters. The van der Waals surface area contributed by atoms with Crippen LogP contribution in [0.3, 0.4) is 0 Å². The van der Waals surface area contributed by atoms with Gasteiger partial charge in [-0.25, -0.2) is 0 Å². The first-order valence-corrected chi connectivity index (χ1v) is 7.38. The lowest BCUT2D eigenvalue weighted by Gasteiger charge is -2.33. The number of anilines is 1. The summed E-state index contributed by atoms with van der Waals surface area (Å²) in [5.74, 6) is 1.34. The number of nitrogen functional groups attached to an aromatic ring is 1. The molecule has 1 aromatic rings. The standard InChI is InChI=1S/C16H25N3O2/c1-18(2)11-12-6-8-19(9-7-12)16(20)14-10-13(21-3)4-5-15(14)17/h4-5,10,12H,6-9,11,17H2,1-3H3. The Hall–Kier alpha value is -1.75. The highest BCUT2D eigenvalue weighted by molar-refractivity contribution is 5.99. The minimum Gasteiger partial charge on any atom is -0.497 e. The van der Waals surface area contributed by atoms with Gasteiger partial charge in [0.05, 0.1) is 12.7 Å². The average Bonchev–Trinajstić information content (AvgIpc) is 2.47. The summed E-state index contributed by atoms with van der Waals surface area (Å²) in [5, 5.41) is 0. The molecule has 0 unspecified atom stereocenters. The highest BCUT2D eigenvalue weighted by Crippen LogP contribution is 2.24. The largest absolute Gasteiger partial charge is 0.497 e. The zero-order valence-electron chi connectivity index (χ0n) is 13.1. The molecule has 1 saturated heterocycles. The lowest BCUT2D eigenvalue weighted by molar-refractivity contribution is 0.0678. The number of benzene rings is 1. The molecule has 116 valence electrons. The number of hydrogen-bond donors (Lipinski definition) is 1. The number of carbonyl (C=O) groups excluding carboxylic acids is 1. The second-order valence-corrected chi connectivity index (χ2v) is 5.95. The molecule has 1 heterocycles. The summed E-state index contributed by atoms with van der Waals surface area (Å²) in [4.78, 5) is 16.7. The maximum absolute atomic E-state index is 12.6. The van der Waals surface area contributed by atoms with E-state index in [-0.39, 0.29) is 5.91 Å². The van der Waals surface area contributed by atoms with Gasteiger partial charge in [-0.2, -0.15) is 0 Å². The van der Waals surface area contributed by atoms with E-state index in [1.807, 2.05) is 4.90 Å². The zero-order chi connectivity index (χ0) is 15.4. The molecule has 0 saturated carbocycles. The Morgan fingerprint density at radius 3 is 2.62 bits per heavy atom. The van der Waals surface area contributed by atoms with Crippen molar-refractivity contribution < 1.29 is 9.53 Å². The number of methoxy groups -OCH3 is 1. The Kier molecular flexibility index (Phi) is 5.07. The molecule has 1 aromatic carbocycles. The molecule has 5 heteroatoms. The van der Waals surface area contributed by atoms with Crippen molar-refractivity contribution in [3.05, 3.63) is 23.8 Å². The maximum Gasteiger partial charge on any atom is 0.256 e. The maximum atomic E-state index is 12.6. The quantitative estimate of drug-likeness (QED) is 0.858. The van der Waals surface area contributed by atoms with Crippen molar-refractivity contribution in [3.8, 4) is 5.75 Å². The van der Waals surface area contributed by atoms with Crippen LogP contribution >= 0.6 is 0 Å². The number of rotatable bonds is 4. The summed E-state index contributed by atoms with van der Waals surface area (Å²) in [6, 6.07) is 5.23. The zero-order valence-corrected chi connectivity index (χ0v) is 13.1. The first-order valence-electron chi connectivity index (χ1n) is 7.38. The van der Waals surface area contributed by atoms with Gasteiger partial charge in [-0.15, -0.1) is 0 Å². The third kappa shape index (κ3) is 3.88. The van der Waals surface area contributed by atoms with Gasteiger partial charge < -0.3 is 20.3 Å². The molecule has 1 fully saturated rings. The van der Waals surface area contributed by atoms with Crippen LogP contribution in [-0.2, 0) is 0 Å². The number of nitrogens with zero attached hydrogens (tertiary/aromatic N) is 2. The van der Waals surface area contributed by atoms with E-state index in [1.165, 1.54) is 0 Å². The van der Waals surface area contributed by atoms with Crippen LogP contribution in [0.25, 0.3) is 0 Å². The number of amides is 1. The third-order valence-electron chi connectivity index (χ3n) is 4.02. The fourth-order valence-electron chi connectivity index (χ4n) is 2.85. The van der Waals surface area contributed by atoms with E-state index in [1.54, 1.807) is 25.3 Å². The van der Waals surface area contributed by atoms with Gasteiger partial charge in [0.25, 0.3) is 5.91 Å². The van der Waals surface area contributed by atoms with Crippen molar-refractivity contribution in [2.75, 3.05) is 46.6 Å². The second-order valence-electron chi connectivity index (χ2n) is 5.95. The summed E-state index contributed by atoms with van der Waals surface area (Å²) < 4.78 is 5.18. The number of ether oxygens (including phenoxy) is 1. The molecule has 0 aromatic heterocycles. The molecule has 2 rings (SSSR count). The van der Waals surface area contributed by atoms with Crippen molar-refractivity contribution in [1.82, 2.24) is 9.80 Å². The van der Waals surface area contributed by atoms with Crippen LogP contribution < -0.4 is 10.5 Å². The van der Waals surface area contributed by atoms with Crippen LogP contribution in [-0.4, -0.2) is 56.5 Å². The summed E-state index contributed by atoms with van der Waals surface area (Å²) >= 11 is 0. The topological polar surface area (TPSA) is 58.8 Å². The molecular weight excluding hydrogens is 266 g/mol. The molecule has 1 aliphatic rings. The van der Waals surface area contributed by atoms with Crippen molar-refractivity contribution in [2.24, 2.45) is 5.92 Å². The van der Waals surface area contributed by atoms with Gasteiger partial charge in [-0.1, -0.05) is 0 Å². The van der Waals surface area contributed by atoms with E-state index in [0.29, 0.717) is 22.9 Å². The Balaban J connectivity index is 2.02. The van der Waals surface area contributed by atoms with Gasteiger partial charge in [0, 0.05) is 25.3 Å². The molecule has 1 amide bonds. The fraction of sp³-hybridized carbons (Fsp3) is 0.562. The molecule has 2 N–H and O–H groups in total. The van der Waals surface area contributed by atoms with Crippen LogP contribution in [0, 0.1) is 5.92 Å². The first-order chi connectivity index (χ1) is 10.0. The smallest absolute Gasteiger partial charge is 0.256 e. The lowest BCUT2D eigenvalue weighted by Crippen LogP contribution is -2.40. The highest BCUT2D eigenvalue weighted by atomic mass is 16.5. The number of nitrogens with two attached hydrogens (primary N) is 1. The van der Waals surface area contributed by atoms with Gasteiger partial charge in [-0.3, -0.25) is 4.79 Å². The number of carbonyl (C=O) groups is 1. The first kappa shape index (κ1) is 15.6. The van der Waals surface area contributed by atoms with Crippen LogP contribution in [0.15, 0.2) is 18.2 Å². The van der Waals surface area contributed by atoms with Crippen LogP contribution in [0.2, 0.25) is 0 Å². The average molecular weight is 291 g/mol. The minimum absolute atomic E-state index is 0.00898. The van der Waals surface area contributed by atoms with Crippen LogP contribution in [0.1, 0.15) is 23.2 Å². The SMILES string of the molecule is COc1ccc(N)c(C(=O)N2CCC(CN(C)C)CC2)c1. The van der Waals surface area contributed by atoms with Gasteiger partial charge >= 0.3 is 0 Å². The summed E-state index contributed by atoms with van der Waals surface area (Å²) in [6.45, 7) is 2.69. The number of likely N-dealkylation sites (tertiary alicyclic amines) is 1. The van der Waals surface area contributed by atoms with E-state index in [9.17, 15) is 4.79 Å². The third-order valence-corrected chi connectivity index (χ3v) is 4.02. The number of piperidine rings is 1. The van der Waals surface area contributed by atoms with Crippen molar-refractivity contribution in [3.63, 3.8) is 0 Å². The van der Waals surface area contributed by atoms with Crippen LogP contribution in [0.4, 0.5) is 5.69 Å². The van der Waals surface area contributed by atoms with Gasteiger partial charge in [-0.05, 0) is 51.1 Å². The van der Waals surface area contributed by atoms with E-state index in [4.69, 9.17) is 10.5 Å². The Morgan fingerprint density at radius 1 is 1.38 bits per heavy atom. The predicted molar refractivity (Wildman–Crippen MR) is 84.6 cm³/mol. The van der Waals surface area contributed by atoms with E-state index < -0.39 is 0 Å². The Bertz CT molecular complexity index is 494. The van der Waals surface area contributed by atoms with Crippen molar-refractivity contribution in [2.45, 2.75) is 12.8 Å². The normalized spacial score (nSPS) is 16.3. The molecule has 5 nitrogen and oxygen atoms in total. The molecular formula is C16H25N3O2. The molecule has 0 bridgehead atoms. The highest BCUT2D eigenvalue weighted by Gasteiger charge is 2.25. The van der Waals surface area contributed by atoms with E-state index >= 15 is 0 Å². The predicted octanol–water partition coefficient (Wildman–Crippen LogP) is 1.69. The van der Waals surface area contributed by atoms with Gasteiger partial charge in [0.1, 0.15) is 5.75 Å². The van der Waals surface area contributed by atoms with Crippen molar-refractivity contribution in [1.29, 1.82) is 0 Å².